The van der Waals surface area contributed by atoms with Gasteiger partial charge >= 0.3 is 0 Å². The number of rotatable bonds is 6. The van der Waals surface area contributed by atoms with Crippen LogP contribution in [0.25, 0.3) is 43.6 Å². The molecule has 202 valence electrons. The first-order valence-corrected chi connectivity index (χ1v) is 20.0. The molecule has 0 aliphatic heterocycles. The Bertz CT molecular complexity index is 1600. The van der Waals surface area contributed by atoms with Gasteiger partial charge in [0.05, 0.1) is 22.1 Å². The van der Waals surface area contributed by atoms with E-state index in [2.05, 4.69) is 109 Å². The summed E-state index contributed by atoms with van der Waals surface area (Å²) in [5, 5.41) is 4.40. The van der Waals surface area contributed by atoms with Crippen molar-refractivity contribution in [2.75, 3.05) is 0 Å². The van der Waals surface area contributed by atoms with Crippen molar-refractivity contribution in [1.82, 2.24) is 19.9 Å². The van der Waals surface area contributed by atoms with Gasteiger partial charge in [0.1, 0.15) is 16.1 Å². The van der Waals surface area contributed by atoms with E-state index in [0.717, 1.165) is 91.0 Å². The van der Waals surface area contributed by atoms with Gasteiger partial charge in [0.2, 0.25) is 0 Å². The van der Waals surface area contributed by atoms with Gasteiger partial charge in [-0.1, -0.05) is 53.4 Å². The Kier molecular flexibility index (Phi) is 8.03. The summed E-state index contributed by atoms with van der Waals surface area (Å²) >= 11 is 0. The van der Waals surface area contributed by atoms with E-state index >= 15 is 0 Å². The minimum atomic E-state index is -1.69. The quantitative estimate of drug-likeness (QED) is 0.119. The average molecular weight is 559 g/mol. The summed E-state index contributed by atoms with van der Waals surface area (Å²) in [7, 11) is -3.38. The average Bonchev–Trinajstić information content (AvgIpc) is 3.01. The molecule has 0 bridgehead atoms. The van der Waals surface area contributed by atoms with Gasteiger partial charge < -0.3 is 0 Å². The van der Waals surface area contributed by atoms with Crippen molar-refractivity contribution in [2.45, 2.75) is 77.8 Å². The molecule has 2 heterocycles. The first-order chi connectivity index (χ1) is 19.5. The van der Waals surface area contributed by atoms with E-state index in [0.29, 0.717) is 0 Å². The van der Waals surface area contributed by atoms with Crippen LogP contribution in [-0.4, -0.2) is 36.1 Å². The van der Waals surface area contributed by atoms with Gasteiger partial charge in [0, 0.05) is 57.5 Å². The first-order valence-electron chi connectivity index (χ1n) is 14.8. The van der Waals surface area contributed by atoms with Crippen molar-refractivity contribution < 1.29 is 0 Å². The number of aromatic nitrogens is 4. The lowest BCUT2D eigenvalue weighted by Gasteiger charge is -2.21. The second-order valence-corrected chi connectivity index (χ2v) is 20.7. The zero-order chi connectivity index (χ0) is 28.3. The van der Waals surface area contributed by atoms with E-state index in [4.69, 9.17) is 0 Å². The van der Waals surface area contributed by atoms with Crippen LogP contribution < -0.4 is 0 Å². The standard InChI is InChI=1S/C34H38N4Si2/c1-7-39(8-2,9-3)19-13-25-27-21-31-33(37-17-15-35-31)23-29(27)26(14-20-40(10-4,11-5)12-6)30-24-34-32(22-28(25)30)36-16-18-38-34/h15-18,21-24H,7-12H2,1-6H3. The van der Waals surface area contributed by atoms with Crippen molar-refractivity contribution in [3.63, 3.8) is 0 Å². The summed E-state index contributed by atoms with van der Waals surface area (Å²) in [5.74, 6) is 7.53. The molecule has 0 unspecified atom stereocenters. The van der Waals surface area contributed by atoms with Gasteiger partial charge in [-0.3, -0.25) is 19.9 Å². The molecule has 0 aliphatic carbocycles. The van der Waals surface area contributed by atoms with E-state index in [9.17, 15) is 0 Å². The van der Waals surface area contributed by atoms with Crippen LogP contribution >= 0.6 is 0 Å². The predicted molar refractivity (Wildman–Crippen MR) is 176 cm³/mol. The van der Waals surface area contributed by atoms with E-state index < -0.39 is 16.1 Å². The van der Waals surface area contributed by atoms with Gasteiger partial charge in [-0.25, -0.2) is 0 Å². The fraction of sp³-hybridized carbons (Fsp3) is 0.353. The van der Waals surface area contributed by atoms with Crippen molar-refractivity contribution >= 4 is 59.8 Å². The normalized spacial score (nSPS) is 11.9. The first kappa shape index (κ1) is 28.0. The molecule has 6 heteroatoms. The summed E-state index contributed by atoms with van der Waals surface area (Å²) in [5.41, 5.74) is 13.3. The minimum Gasteiger partial charge on any atom is -0.253 e. The molecular formula is C34H38N4Si2. The number of hydrogen-bond acceptors (Lipinski definition) is 4. The molecule has 0 fully saturated rings. The maximum absolute atomic E-state index is 4.66. The van der Waals surface area contributed by atoms with E-state index in [-0.39, 0.29) is 0 Å². The van der Waals surface area contributed by atoms with Crippen molar-refractivity contribution in [3.05, 3.63) is 60.2 Å². The number of fused-ring (bicyclic) bond motifs is 4. The van der Waals surface area contributed by atoms with Crippen LogP contribution in [0, 0.1) is 22.9 Å². The zero-order valence-corrected chi connectivity index (χ0v) is 26.7. The van der Waals surface area contributed by atoms with Gasteiger partial charge in [0.25, 0.3) is 0 Å². The molecule has 40 heavy (non-hydrogen) atoms. The van der Waals surface area contributed by atoms with Gasteiger partial charge in [0.15, 0.2) is 0 Å². The topological polar surface area (TPSA) is 51.6 Å². The second kappa shape index (κ2) is 11.5. The maximum Gasteiger partial charge on any atom is 0.138 e. The van der Waals surface area contributed by atoms with E-state index in [1.54, 1.807) is 24.8 Å². The summed E-state index contributed by atoms with van der Waals surface area (Å²) in [6.45, 7) is 13.8. The van der Waals surface area contributed by atoms with Crippen molar-refractivity contribution in [1.29, 1.82) is 0 Å². The summed E-state index contributed by atoms with van der Waals surface area (Å²) in [6, 6.07) is 15.6. The van der Waals surface area contributed by atoms with Crippen molar-refractivity contribution in [2.24, 2.45) is 0 Å². The number of nitrogens with zero attached hydrogens (tertiary/aromatic N) is 4. The smallest absolute Gasteiger partial charge is 0.138 e. The molecule has 0 amide bonds. The highest BCUT2D eigenvalue weighted by molar-refractivity contribution is 6.87. The molecule has 0 spiro atoms. The lowest BCUT2D eigenvalue weighted by molar-refractivity contribution is 1.20. The third kappa shape index (κ3) is 4.92. The van der Waals surface area contributed by atoms with Gasteiger partial charge in [-0.2, -0.15) is 0 Å². The molecule has 0 radical (unpaired) electrons. The minimum absolute atomic E-state index is 0.876. The van der Waals surface area contributed by atoms with Gasteiger partial charge in [-0.05, 0) is 60.5 Å². The Morgan fingerprint density at radius 3 is 0.925 bits per heavy atom. The van der Waals surface area contributed by atoms with Crippen LogP contribution in [0.4, 0.5) is 0 Å². The highest BCUT2D eigenvalue weighted by Gasteiger charge is 2.26. The molecule has 0 N–H and O–H groups in total. The van der Waals surface area contributed by atoms with Crippen molar-refractivity contribution in [3.8, 4) is 22.9 Å². The summed E-state index contributed by atoms with van der Waals surface area (Å²) in [4.78, 5) is 18.6. The third-order valence-electron chi connectivity index (χ3n) is 9.26. The Morgan fingerprint density at radius 2 is 0.700 bits per heavy atom. The molecule has 0 saturated carbocycles. The molecule has 2 aromatic heterocycles. The van der Waals surface area contributed by atoms with Gasteiger partial charge in [-0.15, -0.1) is 11.1 Å². The predicted octanol–water partition coefficient (Wildman–Crippen LogP) is 8.68. The summed E-state index contributed by atoms with van der Waals surface area (Å²) < 4.78 is 0. The molecule has 5 rings (SSSR count). The molecule has 0 atom stereocenters. The van der Waals surface area contributed by atoms with Crippen LogP contribution in [0.5, 0.6) is 0 Å². The lowest BCUT2D eigenvalue weighted by atomic mass is 9.91. The Hall–Kier alpha value is -3.59. The van der Waals surface area contributed by atoms with Crippen LogP contribution in [-0.2, 0) is 0 Å². The fourth-order valence-electron chi connectivity index (χ4n) is 5.83. The summed E-state index contributed by atoms with van der Waals surface area (Å²) in [6.07, 6.45) is 7.04. The molecule has 3 aromatic carbocycles. The Morgan fingerprint density at radius 1 is 0.450 bits per heavy atom. The molecule has 0 saturated heterocycles. The highest BCUT2D eigenvalue weighted by atomic mass is 28.3. The zero-order valence-electron chi connectivity index (χ0n) is 24.7. The van der Waals surface area contributed by atoms with Crippen LogP contribution in [0.3, 0.4) is 0 Å². The highest BCUT2D eigenvalue weighted by Crippen LogP contribution is 2.36. The van der Waals surface area contributed by atoms with Crippen LogP contribution in [0.15, 0.2) is 49.1 Å². The lowest BCUT2D eigenvalue weighted by Crippen LogP contribution is -2.29. The molecule has 4 nitrogen and oxygen atoms in total. The SMILES string of the molecule is CC[Si](C#Cc1c2cc3nccnc3cc2c(C#C[Si](CC)(CC)CC)c2cc3nccnc3cc12)(CC)CC. The molecule has 0 aliphatic rings. The van der Waals surface area contributed by atoms with Crippen LogP contribution in [0.1, 0.15) is 52.7 Å². The Labute approximate surface area is 240 Å². The van der Waals surface area contributed by atoms with Crippen LogP contribution in [0.2, 0.25) is 36.3 Å². The Balaban J connectivity index is 1.99. The maximum atomic E-state index is 4.66. The largest absolute Gasteiger partial charge is 0.253 e. The fourth-order valence-corrected chi connectivity index (χ4v) is 10.7. The van der Waals surface area contributed by atoms with E-state index in [1.165, 1.54) is 0 Å². The second-order valence-electron chi connectivity index (χ2n) is 10.8. The third-order valence-corrected chi connectivity index (χ3v) is 18.7. The number of benzene rings is 3. The van der Waals surface area contributed by atoms with E-state index in [1.807, 2.05) is 0 Å². The molecule has 5 aromatic rings. The monoisotopic (exact) mass is 558 g/mol. The molecular weight excluding hydrogens is 521 g/mol. The number of hydrogen-bond donors (Lipinski definition) is 0.